The average Bonchev–Trinajstić information content (AvgIpc) is 3.27. The van der Waals surface area contributed by atoms with E-state index in [0.717, 1.165) is 11.3 Å². The van der Waals surface area contributed by atoms with Crippen LogP contribution in [0.2, 0.25) is 0 Å². The predicted octanol–water partition coefficient (Wildman–Crippen LogP) is 3.29. The van der Waals surface area contributed by atoms with Crippen molar-refractivity contribution in [2.75, 3.05) is 12.4 Å². The van der Waals surface area contributed by atoms with E-state index in [9.17, 15) is 19.7 Å². The predicted molar refractivity (Wildman–Crippen MR) is 116 cm³/mol. The first-order chi connectivity index (χ1) is 15.4. The standard InChI is InChI=1S/C22H22N4O6/c1-15(22(28)24-19-12-18(26(29)30)9-10-20(19)31-2)32-21(27)11-8-16-13-23-25(14-16)17-6-4-3-5-7-17/h3-7,9-10,12-15H,8,11H2,1-2H3,(H,24,28). The first-order valence-corrected chi connectivity index (χ1v) is 9.79. The number of benzene rings is 2. The monoisotopic (exact) mass is 438 g/mol. The normalized spacial score (nSPS) is 11.4. The SMILES string of the molecule is COc1ccc([N+](=O)[O-])cc1NC(=O)C(C)OC(=O)CCc1cnn(-c2ccccc2)c1. The Kier molecular flexibility index (Phi) is 7.17. The molecule has 2 aromatic carbocycles. The van der Waals surface area contributed by atoms with E-state index >= 15 is 0 Å². The Morgan fingerprint density at radius 2 is 1.97 bits per heavy atom. The molecule has 0 aliphatic carbocycles. The average molecular weight is 438 g/mol. The van der Waals surface area contributed by atoms with Crippen LogP contribution in [0.5, 0.6) is 5.75 Å². The third-order valence-corrected chi connectivity index (χ3v) is 4.60. The van der Waals surface area contributed by atoms with Gasteiger partial charge in [-0.2, -0.15) is 5.10 Å². The van der Waals surface area contributed by atoms with E-state index in [1.165, 1.54) is 32.2 Å². The Bertz CT molecular complexity index is 1110. The number of anilines is 1. The maximum Gasteiger partial charge on any atom is 0.306 e. The van der Waals surface area contributed by atoms with Crippen LogP contribution in [0.15, 0.2) is 60.9 Å². The summed E-state index contributed by atoms with van der Waals surface area (Å²) in [5.74, 6) is -0.932. The highest BCUT2D eigenvalue weighted by molar-refractivity contribution is 5.96. The van der Waals surface area contributed by atoms with Crippen molar-refractivity contribution >= 4 is 23.3 Å². The molecule has 1 unspecified atom stereocenters. The van der Waals surface area contributed by atoms with Crippen LogP contribution in [0.25, 0.3) is 5.69 Å². The molecule has 1 aromatic heterocycles. The Balaban J connectivity index is 1.53. The van der Waals surface area contributed by atoms with Crippen LogP contribution in [0.4, 0.5) is 11.4 Å². The fraction of sp³-hybridized carbons (Fsp3) is 0.227. The van der Waals surface area contributed by atoms with Gasteiger partial charge in [-0.15, -0.1) is 0 Å². The number of ether oxygens (including phenoxy) is 2. The minimum Gasteiger partial charge on any atom is -0.495 e. The minimum absolute atomic E-state index is 0.0677. The highest BCUT2D eigenvalue weighted by Gasteiger charge is 2.21. The van der Waals surface area contributed by atoms with Crippen LogP contribution in [0.1, 0.15) is 18.9 Å². The topological polar surface area (TPSA) is 126 Å². The summed E-state index contributed by atoms with van der Waals surface area (Å²) in [6, 6.07) is 13.4. The molecule has 32 heavy (non-hydrogen) atoms. The molecule has 0 bridgehead atoms. The number of nitrogens with zero attached hydrogens (tertiary/aromatic N) is 3. The first-order valence-electron chi connectivity index (χ1n) is 9.79. The molecule has 1 atom stereocenters. The lowest BCUT2D eigenvalue weighted by Crippen LogP contribution is -2.30. The van der Waals surface area contributed by atoms with E-state index in [1.807, 2.05) is 36.5 Å². The summed E-state index contributed by atoms with van der Waals surface area (Å²) in [6.45, 7) is 1.42. The number of non-ortho nitro benzene ring substituents is 1. The zero-order valence-corrected chi connectivity index (χ0v) is 17.6. The molecule has 0 spiro atoms. The number of carbonyl (C=O) groups excluding carboxylic acids is 2. The number of nitro benzene ring substituents is 1. The molecule has 0 aliphatic heterocycles. The van der Waals surface area contributed by atoms with Crippen molar-refractivity contribution in [3.8, 4) is 11.4 Å². The van der Waals surface area contributed by atoms with Gasteiger partial charge >= 0.3 is 5.97 Å². The van der Waals surface area contributed by atoms with Gasteiger partial charge in [-0.05, 0) is 37.1 Å². The summed E-state index contributed by atoms with van der Waals surface area (Å²) in [6.07, 6.45) is 2.87. The van der Waals surface area contributed by atoms with Crippen LogP contribution >= 0.6 is 0 Å². The molecule has 0 saturated heterocycles. The summed E-state index contributed by atoms with van der Waals surface area (Å²) in [4.78, 5) is 35.0. The summed E-state index contributed by atoms with van der Waals surface area (Å²) >= 11 is 0. The van der Waals surface area contributed by atoms with Gasteiger partial charge in [0, 0.05) is 24.8 Å². The third kappa shape index (κ3) is 5.69. The number of methoxy groups -OCH3 is 1. The maximum absolute atomic E-state index is 12.4. The van der Waals surface area contributed by atoms with E-state index in [1.54, 1.807) is 10.9 Å². The van der Waals surface area contributed by atoms with Gasteiger partial charge in [0.2, 0.25) is 0 Å². The molecule has 10 heteroatoms. The number of esters is 1. The van der Waals surface area contributed by atoms with Gasteiger partial charge in [0.15, 0.2) is 6.10 Å². The van der Waals surface area contributed by atoms with Gasteiger partial charge in [-0.3, -0.25) is 19.7 Å². The van der Waals surface area contributed by atoms with Crippen LogP contribution in [-0.4, -0.2) is 39.8 Å². The highest BCUT2D eigenvalue weighted by atomic mass is 16.6. The quantitative estimate of drug-likeness (QED) is 0.309. The smallest absolute Gasteiger partial charge is 0.306 e. The molecular formula is C22H22N4O6. The lowest BCUT2D eigenvalue weighted by Gasteiger charge is -2.15. The van der Waals surface area contributed by atoms with Crippen LogP contribution in [-0.2, 0) is 20.7 Å². The number of rotatable bonds is 9. The molecule has 1 N–H and O–H groups in total. The van der Waals surface area contributed by atoms with Crippen molar-refractivity contribution in [1.82, 2.24) is 9.78 Å². The van der Waals surface area contributed by atoms with Crippen LogP contribution in [0.3, 0.4) is 0 Å². The number of amides is 1. The van der Waals surface area contributed by atoms with Gasteiger partial charge in [-0.25, -0.2) is 4.68 Å². The van der Waals surface area contributed by atoms with Gasteiger partial charge in [0.05, 0.1) is 29.6 Å². The van der Waals surface area contributed by atoms with E-state index in [-0.39, 0.29) is 23.5 Å². The lowest BCUT2D eigenvalue weighted by atomic mass is 10.2. The number of aromatic nitrogens is 2. The first kappa shape index (κ1) is 22.5. The molecule has 166 valence electrons. The Labute approximate surface area is 183 Å². The zero-order chi connectivity index (χ0) is 23.1. The number of hydrogen-bond acceptors (Lipinski definition) is 7. The Morgan fingerprint density at radius 1 is 1.22 bits per heavy atom. The molecule has 1 amide bonds. The van der Waals surface area contributed by atoms with Crippen molar-refractivity contribution in [1.29, 1.82) is 0 Å². The van der Waals surface area contributed by atoms with Crippen molar-refractivity contribution < 1.29 is 24.0 Å². The van der Waals surface area contributed by atoms with Gasteiger partial charge < -0.3 is 14.8 Å². The van der Waals surface area contributed by atoms with Crippen molar-refractivity contribution in [3.05, 3.63) is 76.6 Å². The number of para-hydroxylation sites is 1. The molecule has 0 aliphatic rings. The maximum atomic E-state index is 12.4. The molecule has 0 saturated carbocycles. The van der Waals surface area contributed by atoms with Crippen molar-refractivity contribution in [2.24, 2.45) is 0 Å². The largest absolute Gasteiger partial charge is 0.495 e. The second-order valence-corrected chi connectivity index (χ2v) is 6.89. The summed E-state index contributed by atoms with van der Waals surface area (Å²) in [5.41, 5.74) is 1.66. The van der Waals surface area contributed by atoms with E-state index in [0.29, 0.717) is 6.42 Å². The molecule has 0 radical (unpaired) electrons. The van der Waals surface area contributed by atoms with E-state index < -0.39 is 22.9 Å². The summed E-state index contributed by atoms with van der Waals surface area (Å²) < 4.78 is 12.0. The second-order valence-electron chi connectivity index (χ2n) is 6.89. The molecule has 1 heterocycles. The number of nitrogens with one attached hydrogen (secondary N) is 1. The van der Waals surface area contributed by atoms with Crippen LogP contribution < -0.4 is 10.1 Å². The fourth-order valence-corrected chi connectivity index (χ4v) is 2.91. The second kappa shape index (κ2) is 10.2. The van der Waals surface area contributed by atoms with E-state index in [2.05, 4.69) is 10.4 Å². The van der Waals surface area contributed by atoms with Crippen molar-refractivity contribution in [3.63, 3.8) is 0 Å². The lowest BCUT2D eigenvalue weighted by molar-refractivity contribution is -0.384. The molecule has 10 nitrogen and oxygen atoms in total. The molecular weight excluding hydrogens is 416 g/mol. The van der Waals surface area contributed by atoms with Crippen molar-refractivity contribution in [2.45, 2.75) is 25.9 Å². The third-order valence-electron chi connectivity index (χ3n) is 4.60. The Morgan fingerprint density at radius 3 is 2.66 bits per heavy atom. The molecule has 0 fully saturated rings. The number of carbonyl (C=O) groups is 2. The number of aryl methyl sites for hydroxylation is 1. The molecule has 3 aromatic rings. The summed E-state index contributed by atoms with van der Waals surface area (Å²) in [5, 5.41) is 17.7. The molecule has 3 rings (SSSR count). The number of nitro groups is 1. The Hall–Kier alpha value is -4.21. The highest BCUT2D eigenvalue weighted by Crippen LogP contribution is 2.29. The van der Waals surface area contributed by atoms with Gasteiger partial charge in [0.1, 0.15) is 5.75 Å². The van der Waals surface area contributed by atoms with E-state index in [4.69, 9.17) is 9.47 Å². The van der Waals surface area contributed by atoms with Crippen LogP contribution in [0, 0.1) is 10.1 Å². The van der Waals surface area contributed by atoms with Gasteiger partial charge in [0.25, 0.3) is 11.6 Å². The zero-order valence-electron chi connectivity index (χ0n) is 17.6. The number of hydrogen-bond donors (Lipinski definition) is 1. The fourth-order valence-electron chi connectivity index (χ4n) is 2.91. The summed E-state index contributed by atoms with van der Waals surface area (Å²) in [7, 11) is 1.38. The van der Waals surface area contributed by atoms with Gasteiger partial charge in [-0.1, -0.05) is 18.2 Å². The minimum atomic E-state index is -1.10.